The van der Waals surface area contributed by atoms with E-state index in [0.717, 1.165) is 83.5 Å². The van der Waals surface area contributed by atoms with Gasteiger partial charge >= 0.3 is 12.2 Å². The van der Waals surface area contributed by atoms with Gasteiger partial charge in [0.05, 0.1) is 35.9 Å². The number of methoxy groups -OCH3 is 1. The number of H-pyrrole nitrogens is 2. The van der Waals surface area contributed by atoms with E-state index in [4.69, 9.17) is 14.7 Å². The second-order valence-corrected chi connectivity index (χ2v) is 15.1. The molecule has 3 aliphatic rings. The first kappa shape index (κ1) is 36.0. The Kier molecular flexibility index (Phi) is 9.88. The zero-order valence-electron chi connectivity index (χ0n) is 30.9. The summed E-state index contributed by atoms with van der Waals surface area (Å²) in [6, 6.07) is 10.6. The molecule has 53 heavy (non-hydrogen) atoms. The molecule has 5 N–H and O–H groups in total. The number of hydrogen-bond donors (Lipinski definition) is 5. The van der Waals surface area contributed by atoms with Gasteiger partial charge in [-0.1, -0.05) is 52.0 Å². The Balaban J connectivity index is 1.10. The number of likely N-dealkylation sites (tertiary alicyclic amines) is 2. The highest BCUT2D eigenvalue weighted by Gasteiger charge is 2.39. The normalized spacial score (nSPS) is 19.3. The fourth-order valence-corrected chi connectivity index (χ4v) is 8.16. The first-order valence-corrected chi connectivity index (χ1v) is 18.6. The van der Waals surface area contributed by atoms with Crippen molar-refractivity contribution in [1.29, 1.82) is 0 Å². The van der Waals surface area contributed by atoms with Crippen molar-refractivity contribution >= 4 is 35.0 Å². The van der Waals surface area contributed by atoms with Crippen molar-refractivity contribution in [3.63, 3.8) is 0 Å². The number of nitrogens with zero attached hydrogens (tertiary/aromatic N) is 4. The number of aromatic amines is 2. The van der Waals surface area contributed by atoms with E-state index in [1.54, 1.807) is 4.90 Å². The largest absolute Gasteiger partial charge is 0.465 e. The van der Waals surface area contributed by atoms with Gasteiger partial charge in [-0.3, -0.25) is 9.59 Å². The summed E-state index contributed by atoms with van der Waals surface area (Å²) in [4.78, 5) is 71.1. The lowest BCUT2D eigenvalue weighted by molar-refractivity contribution is -0.136. The van der Waals surface area contributed by atoms with Gasteiger partial charge in [-0.25, -0.2) is 19.6 Å². The molecule has 2 aromatic carbocycles. The number of aromatic nitrogens is 4. The minimum Gasteiger partial charge on any atom is -0.465 e. The molecule has 0 bridgehead atoms. The van der Waals surface area contributed by atoms with E-state index < -0.39 is 24.3 Å². The number of hydrogen-bond acceptors (Lipinski definition) is 7. The molecule has 2 aliphatic heterocycles. The molecule has 4 aromatic rings. The fourth-order valence-electron chi connectivity index (χ4n) is 8.16. The van der Waals surface area contributed by atoms with Gasteiger partial charge in [-0.2, -0.15) is 0 Å². The van der Waals surface area contributed by atoms with E-state index in [1.807, 2.05) is 38.7 Å². The standard InChI is InChI=1S/C39H48N8O6/c1-20(2)31(44-38(50)51)36(48)46-16-6-8-29(46)34-40-26-14-11-23(19-28(26)42-34)22-10-13-25-24(18-22)12-15-27-33(25)43-35(41-27)30-9-7-17-47(30)37(49)32(21(3)4)45-39(52)53-5/h10-11,13-14,18-21,29-32,44H,6-9,12,15-17H2,1-5H3,(H,40,42)(H,41,43)(H,45,52)(H,50,51)/t29-,30?,31-,32-/m0/s1. The van der Waals surface area contributed by atoms with Crippen LogP contribution in [0.5, 0.6) is 0 Å². The average molecular weight is 725 g/mol. The zero-order valence-corrected chi connectivity index (χ0v) is 30.9. The van der Waals surface area contributed by atoms with E-state index in [2.05, 4.69) is 50.9 Å². The lowest BCUT2D eigenvalue weighted by Crippen LogP contribution is -2.51. The van der Waals surface area contributed by atoms with Crippen molar-refractivity contribution in [2.24, 2.45) is 11.8 Å². The lowest BCUT2D eigenvalue weighted by Gasteiger charge is -2.30. The SMILES string of the molecule is COC(=O)N[C@H](C(=O)N1CCCC1c1nc2c([nH]1)CCc1cc(-c3ccc4nc([C@@H]5CCCN5C(=O)[C@@H](NC(=O)O)C(C)C)[nH]c4c3)ccc1-2)C(C)C. The molecule has 2 aromatic heterocycles. The molecule has 4 amide bonds. The Morgan fingerprint density at radius 3 is 2.04 bits per heavy atom. The zero-order chi connectivity index (χ0) is 37.6. The number of benzene rings is 2. The van der Waals surface area contributed by atoms with Crippen LogP contribution in [-0.4, -0.2) is 91.1 Å². The van der Waals surface area contributed by atoms with E-state index in [9.17, 15) is 24.3 Å². The summed E-state index contributed by atoms with van der Waals surface area (Å²) < 4.78 is 4.78. The van der Waals surface area contributed by atoms with Crippen LogP contribution in [0.2, 0.25) is 0 Å². The van der Waals surface area contributed by atoms with Gasteiger partial charge in [0.2, 0.25) is 11.8 Å². The Morgan fingerprint density at radius 1 is 0.811 bits per heavy atom. The number of fused-ring (bicyclic) bond motifs is 4. The summed E-state index contributed by atoms with van der Waals surface area (Å²) in [5.74, 6) is 0.829. The number of carbonyl (C=O) groups is 4. The molecule has 14 heteroatoms. The van der Waals surface area contributed by atoms with Crippen molar-refractivity contribution in [1.82, 2.24) is 40.4 Å². The number of alkyl carbamates (subject to hydrolysis) is 1. The average Bonchev–Trinajstić information content (AvgIpc) is 3.96. The number of ether oxygens (including phenoxy) is 1. The van der Waals surface area contributed by atoms with Crippen molar-refractivity contribution in [2.75, 3.05) is 20.2 Å². The highest BCUT2D eigenvalue weighted by atomic mass is 16.5. The van der Waals surface area contributed by atoms with E-state index in [1.165, 1.54) is 12.7 Å². The van der Waals surface area contributed by atoms with Gasteiger partial charge in [0.15, 0.2) is 0 Å². The van der Waals surface area contributed by atoms with Crippen molar-refractivity contribution in [2.45, 2.75) is 90.4 Å². The quantitative estimate of drug-likeness (QED) is 0.145. The minimum absolute atomic E-state index is 0.106. The van der Waals surface area contributed by atoms with Gasteiger partial charge < -0.3 is 40.2 Å². The second kappa shape index (κ2) is 14.6. The first-order valence-electron chi connectivity index (χ1n) is 18.6. The Bertz CT molecular complexity index is 2050. The number of imidazole rings is 2. The number of carboxylic acid groups (broad SMARTS) is 1. The smallest absolute Gasteiger partial charge is 0.407 e. The molecule has 14 nitrogen and oxygen atoms in total. The van der Waals surface area contributed by atoms with Crippen LogP contribution in [0.1, 0.15) is 88.4 Å². The molecule has 4 heterocycles. The predicted octanol–water partition coefficient (Wildman–Crippen LogP) is 5.72. The van der Waals surface area contributed by atoms with Crippen molar-refractivity contribution in [3.8, 4) is 22.4 Å². The van der Waals surface area contributed by atoms with E-state index >= 15 is 0 Å². The molecule has 7 rings (SSSR count). The van der Waals surface area contributed by atoms with E-state index in [-0.39, 0.29) is 35.7 Å². The van der Waals surface area contributed by atoms with E-state index in [0.29, 0.717) is 18.9 Å². The minimum atomic E-state index is -1.21. The third-order valence-corrected chi connectivity index (χ3v) is 10.9. The molecule has 4 atom stereocenters. The first-order chi connectivity index (χ1) is 25.4. The summed E-state index contributed by atoms with van der Waals surface area (Å²) in [5, 5.41) is 14.4. The number of nitrogens with one attached hydrogen (secondary N) is 4. The molecular weight excluding hydrogens is 676 g/mol. The number of aryl methyl sites for hydroxylation is 2. The highest BCUT2D eigenvalue weighted by Crippen LogP contribution is 2.39. The van der Waals surface area contributed by atoms with Crippen LogP contribution in [0.4, 0.5) is 9.59 Å². The molecule has 0 radical (unpaired) electrons. The monoisotopic (exact) mass is 724 g/mol. The van der Waals surface area contributed by atoms with Gasteiger partial charge in [0.1, 0.15) is 23.7 Å². The number of carbonyl (C=O) groups excluding carboxylic acids is 3. The maximum absolute atomic E-state index is 13.7. The van der Waals surface area contributed by atoms with Crippen LogP contribution in [-0.2, 0) is 27.2 Å². The molecule has 1 unspecified atom stereocenters. The van der Waals surface area contributed by atoms with Gasteiger partial charge in [-0.15, -0.1) is 0 Å². The summed E-state index contributed by atoms with van der Waals surface area (Å²) in [5.41, 5.74) is 8.05. The van der Waals surface area contributed by atoms with Crippen molar-refractivity contribution in [3.05, 3.63) is 59.3 Å². The maximum atomic E-state index is 13.7. The summed E-state index contributed by atoms with van der Waals surface area (Å²) in [7, 11) is 1.29. The van der Waals surface area contributed by atoms with Crippen LogP contribution < -0.4 is 10.6 Å². The third-order valence-electron chi connectivity index (χ3n) is 10.9. The molecule has 2 fully saturated rings. The number of rotatable bonds is 9. The fraction of sp³-hybridized carbons (Fsp3) is 0.487. The van der Waals surface area contributed by atoms with Gasteiger partial charge in [0.25, 0.3) is 0 Å². The molecule has 2 saturated heterocycles. The lowest BCUT2D eigenvalue weighted by atomic mass is 9.89. The van der Waals surface area contributed by atoms with Crippen LogP contribution in [0.3, 0.4) is 0 Å². The predicted molar refractivity (Wildman–Crippen MR) is 198 cm³/mol. The highest BCUT2D eigenvalue weighted by molar-refractivity contribution is 5.88. The molecule has 0 spiro atoms. The van der Waals surface area contributed by atoms with Crippen molar-refractivity contribution < 1.29 is 29.0 Å². The summed E-state index contributed by atoms with van der Waals surface area (Å²) in [6.07, 6.45) is 3.03. The third kappa shape index (κ3) is 6.94. The second-order valence-electron chi connectivity index (χ2n) is 15.1. The van der Waals surface area contributed by atoms with Gasteiger partial charge in [0, 0.05) is 24.3 Å². The van der Waals surface area contributed by atoms with Crippen LogP contribution in [0.25, 0.3) is 33.4 Å². The van der Waals surface area contributed by atoms with Crippen LogP contribution in [0, 0.1) is 11.8 Å². The number of amides is 4. The van der Waals surface area contributed by atoms with Crippen LogP contribution >= 0.6 is 0 Å². The Hall–Kier alpha value is -5.40. The molecule has 280 valence electrons. The molecular formula is C39H48N8O6. The Morgan fingerprint density at radius 2 is 1.42 bits per heavy atom. The Labute approximate surface area is 308 Å². The molecule has 1 aliphatic carbocycles. The molecule has 0 saturated carbocycles. The van der Waals surface area contributed by atoms with Crippen LogP contribution in [0.15, 0.2) is 36.4 Å². The topological polar surface area (TPSA) is 186 Å². The maximum Gasteiger partial charge on any atom is 0.407 e. The summed E-state index contributed by atoms with van der Waals surface area (Å²) in [6.45, 7) is 8.64. The summed E-state index contributed by atoms with van der Waals surface area (Å²) >= 11 is 0. The van der Waals surface area contributed by atoms with Gasteiger partial charge in [-0.05, 0) is 79.2 Å².